The van der Waals surface area contributed by atoms with Crippen LogP contribution < -0.4 is 0 Å². The predicted molar refractivity (Wildman–Crippen MR) is 54.3 cm³/mol. The van der Waals surface area contributed by atoms with E-state index < -0.39 is 0 Å². The van der Waals surface area contributed by atoms with E-state index in [1.807, 2.05) is 22.6 Å². The Morgan fingerprint density at radius 1 is 1.47 bits per heavy atom. The fourth-order valence-electron chi connectivity index (χ4n) is 1.67. The molecule has 0 aromatic carbocycles. The van der Waals surface area contributed by atoms with Gasteiger partial charge in [0.25, 0.3) is 0 Å². The largest absolute Gasteiger partial charge is 0.378 e. The molecule has 0 saturated carbocycles. The van der Waals surface area contributed by atoms with Gasteiger partial charge in [-0.15, -0.1) is 0 Å². The average molecular weight is 209 g/mol. The third-order valence-electron chi connectivity index (χ3n) is 2.65. The summed E-state index contributed by atoms with van der Waals surface area (Å²) >= 11 is 0. The van der Waals surface area contributed by atoms with Crippen molar-refractivity contribution >= 4 is 5.91 Å². The number of carbonyl (C=O) groups is 1. The number of aromatic nitrogens is 2. The second-order valence-corrected chi connectivity index (χ2v) is 3.62. The van der Waals surface area contributed by atoms with Gasteiger partial charge in [0.1, 0.15) is 6.04 Å². The molecule has 0 bridgehead atoms. The summed E-state index contributed by atoms with van der Waals surface area (Å²) < 4.78 is 7.02. The van der Waals surface area contributed by atoms with Crippen LogP contribution in [0.4, 0.5) is 0 Å². The van der Waals surface area contributed by atoms with Gasteiger partial charge < -0.3 is 14.2 Å². The highest BCUT2D eigenvalue weighted by atomic mass is 16.5. The molecule has 0 radical (unpaired) electrons. The standard InChI is InChI=1S/C10H15N3O2/c1-9(13-3-2-11-8-13)10(14)12-4-6-15-7-5-12/h2-3,8-9H,4-7H2,1H3. The number of hydrogen-bond donors (Lipinski definition) is 0. The molecular formula is C10H15N3O2. The fourth-order valence-corrected chi connectivity index (χ4v) is 1.67. The Hall–Kier alpha value is -1.36. The topological polar surface area (TPSA) is 47.4 Å². The highest BCUT2D eigenvalue weighted by molar-refractivity contribution is 5.80. The van der Waals surface area contributed by atoms with E-state index in [1.54, 1.807) is 12.5 Å². The van der Waals surface area contributed by atoms with E-state index in [-0.39, 0.29) is 11.9 Å². The minimum Gasteiger partial charge on any atom is -0.378 e. The zero-order chi connectivity index (χ0) is 10.7. The van der Waals surface area contributed by atoms with Crippen LogP contribution in [-0.2, 0) is 9.53 Å². The van der Waals surface area contributed by atoms with Crippen molar-refractivity contribution in [3.05, 3.63) is 18.7 Å². The van der Waals surface area contributed by atoms with Gasteiger partial charge in [-0.2, -0.15) is 0 Å². The molecule has 15 heavy (non-hydrogen) atoms. The van der Waals surface area contributed by atoms with Crippen molar-refractivity contribution in [3.63, 3.8) is 0 Å². The molecule has 0 spiro atoms. The van der Waals surface area contributed by atoms with Crippen molar-refractivity contribution < 1.29 is 9.53 Å². The van der Waals surface area contributed by atoms with E-state index in [4.69, 9.17) is 4.74 Å². The average Bonchev–Trinajstić information content (AvgIpc) is 2.82. The number of hydrogen-bond acceptors (Lipinski definition) is 3. The van der Waals surface area contributed by atoms with Gasteiger partial charge in [-0.25, -0.2) is 4.98 Å². The smallest absolute Gasteiger partial charge is 0.245 e. The maximum Gasteiger partial charge on any atom is 0.245 e. The van der Waals surface area contributed by atoms with Gasteiger partial charge in [0.2, 0.25) is 5.91 Å². The summed E-state index contributed by atoms with van der Waals surface area (Å²) in [5.74, 6) is 0.135. The Morgan fingerprint density at radius 2 is 2.20 bits per heavy atom. The monoisotopic (exact) mass is 209 g/mol. The van der Waals surface area contributed by atoms with E-state index >= 15 is 0 Å². The van der Waals surface area contributed by atoms with Gasteiger partial charge in [-0.05, 0) is 6.92 Å². The normalized spacial score (nSPS) is 18.9. The lowest BCUT2D eigenvalue weighted by molar-refractivity contribution is -0.138. The van der Waals surface area contributed by atoms with Crippen molar-refractivity contribution in [1.82, 2.24) is 14.5 Å². The Balaban J connectivity index is 2.00. The summed E-state index contributed by atoms with van der Waals surface area (Å²) in [6, 6.07) is -0.175. The third-order valence-corrected chi connectivity index (χ3v) is 2.65. The number of imidazole rings is 1. The number of amides is 1. The number of morpholine rings is 1. The molecule has 5 heteroatoms. The van der Waals surface area contributed by atoms with Gasteiger partial charge >= 0.3 is 0 Å². The van der Waals surface area contributed by atoms with E-state index in [9.17, 15) is 4.79 Å². The van der Waals surface area contributed by atoms with Crippen LogP contribution in [-0.4, -0.2) is 46.7 Å². The molecule has 1 fully saturated rings. The van der Waals surface area contributed by atoms with Crippen LogP contribution in [0.1, 0.15) is 13.0 Å². The quantitative estimate of drug-likeness (QED) is 0.704. The lowest BCUT2D eigenvalue weighted by atomic mass is 10.2. The summed E-state index contributed by atoms with van der Waals surface area (Å²) in [6.07, 6.45) is 5.16. The predicted octanol–water partition coefficient (Wildman–Crippen LogP) is 0.303. The first-order chi connectivity index (χ1) is 7.29. The molecule has 1 aromatic rings. The molecule has 1 aromatic heterocycles. The van der Waals surface area contributed by atoms with Crippen molar-refractivity contribution in [2.45, 2.75) is 13.0 Å². The number of ether oxygens (including phenoxy) is 1. The molecule has 1 unspecified atom stereocenters. The van der Waals surface area contributed by atoms with Gasteiger partial charge in [0.05, 0.1) is 19.5 Å². The molecule has 5 nitrogen and oxygen atoms in total. The van der Waals surface area contributed by atoms with Gasteiger partial charge in [-0.3, -0.25) is 4.79 Å². The van der Waals surface area contributed by atoms with Gasteiger partial charge in [-0.1, -0.05) is 0 Å². The zero-order valence-electron chi connectivity index (χ0n) is 8.80. The maximum absolute atomic E-state index is 12.0. The Bertz CT molecular complexity index is 317. The zero-order valence-corrected chi connectivity index (χ0v) is 8.80. The van der Waals surface area contributed by atoms with E-state index in [1.165, 1.54) is 0 Å². The first kappa shape index (κ1) is 10.2. The molecule has 1 aliphatic rings. The van der Waals surface area contributed by atoms with Crippen LogP contribution in [0, 0.1) is 0 Å². The Morgan fingerprint density at radius 3 is 2.80 bits per heavy atom. The molecule has 82 valence electrons. The number of carbonyl (C=O) groups excluding carboxylic acids is 1. The molecule has 0 N–H and O–H groups in total. The molecule has 0 aliphatic carbocycles. The van der Waals surface area contributed by atoms with Crippen LogP contribution in [0.15, 0.2) is 18.7 Å². The van der Waals surface area contributed by atoms with E-state index in [2.05, 4.69) is 4.98 Å². The molecule has 2 rings (SSSR count). The van der Waals surface area contributed by atoms with Crippen molar-refractivity contribution in [1.29, 1.82) is 0 Å². The molecule has 1 atom stereocenters. The minimum absolute atomic E-state index is 0.135. The molecule has 2 heterocycles. The highest BCUT2D eigenvalue weighted by Crippen LogP contribution is 2.10. The summed E-state index contributed by atoms with van der Waals surface area (Å²) in [5.41, 5.74) is 0. The van der Waals surface area contributed by atoms with Crippen LogP contribution in [0.25, 0.3) is 0 Å². The minimum atomic E-state index is -0.175. The number of nitrogens with zero attached hydrogens (tertiary/aromatic N) is 3. The summed E-state index contributed by atoms with van der Waals surface area (Å²) in [5, 5.41) is 0. The van der Waals surface area contributed by atoms with Crippen LogP contribution in [0.5, 0.6) is 0 Å². The van der Waals surface area contributed by atoms with Crippen LogP contribution in [0.2, 0.25) is 0 Å². The summed E-state index contributed by atoms with van der Waals surface area (Å²) in [4.78, 5) is 17.8. The second kappa shape index (κ2) is 4.44. The fraction of sp³-hybridized carbons (Fsp3) is 0.600. The first-order valence-electron chi connectivity index (χ1n) is 5.13. The molecule has 1 aliphatic heterocycles. The lowest BCUT2D eigenvalue weighted by Crippen LogP contribution is -2.43. The maximum atomic E-state index is 12.0. The second-order valence-electron chi connectivity index (χ2n) is 3.62. The highest BCUT2D eigenvalue weighted by Gasteiger charge is 2.22. The van der Waals surface area contributed by atoms with Crippen molar-refractivity contribution in [2.24, 2.45) is 0 Å². The Labute approximate surface area is 88.7 Å². The Kier molecular flexibility index (Phi) is 3.01. The van der Waals surface area contributed by atoms with E-state index in [0.717, 1.165) is 0 Å². The number of rotatable bonds is 2. The van der Waals surface area contributed by atoms with Crippen LogP contribution >= 0.6 is 0 Å². The molecular weight excluding hydrogens is 194 g/mol. The van der Waals surface area contributed by atoms with Gasteiger partial charge in [0, 0.05) is 25.5 Å². The lowest BCUT2D eigenvalue weighted by Gasteiger charge is -2.29. The third kappa shape index (κ3) is 2.18. The van der Waals surface area contributed by atoms with Crippen molar-refractivity contribution in [2.75, 3.05) is 26.3 Å². The van der Waals surface area contributed by atoms with Crippen molar-refractivity contribution in [3.8, 4) is 0 Å². The molecule has 1 amide bonds. The summed E-state index contributed by atoms with van der Waals surface area (Å²) in [7, 11) is 0. The SMILES string of the molecule is CC(C(=O)N1CCOCC1)n1ccnc1. The summed E-state index contributed by atoms with van der Waals surface area (Å²) in [6.45, 7) is 4.56. The molecule has 1 saturated heterocycles. The van der Waals surface area contributed by atoms with E-state index in [0.29, 0.717) is 26.3 Å². The first-order valence-corrected chi connectivity index (χ1v) is 5.13. The van der Waals surface area contributed by atoms with Crippen LogP contribution in [0.3, 0.4) is 0 Å². The van der Waals surface area contributed by atoms with Gasteiger partial charge in [0.15, 0.2) is 0 Å².